The largest absolute Gasteiger partial charge is 0.496 e. The summed E-state index contributed by atoms with van der Waals surface area (Å²) in [4.78, 5) is 11.8. The van der Waals surface area contributed by atoms with Gasteiger partial charge in [0.15, 0.2) is 0 Å². The number of piperidine rings is 1. The minimum absolute atomic E-state index is 0.0158. The highest BCUT2D eigenvalue weighted by Gasteiger charge is 2.42. The van der Waals surface area contributed by atoms with Crippen LogP contribution in [-0.4, -0.2) is 45.4 Å². The maximum Gasteiger partial charge on any atom is 0.243 e. The molecular formula is C17H24N2O4S. The van der Waals surface area contributed by atoms with E-state index in [1.165, 1.54) is 4.31 Å². The normalized spacial score (nSPS) is 24.8. The van der Waals surface area contributed by atoms with E-state index >= 15 is 0 Å². The van der Waals surface area contributed by atoms with Crippen LogP contribution in [0.1, 0.15) is 31.7 Å². The summed E-state index contributed by atoms with van der Waals surface area (Å²) in [5.41, 5.74) is 0.882. The van der Waals surface area contributed by atoms with Gasteiger partial charge in [0.2, 0.25) is 15.9 Å². The predicted molar refractivity (Wildman–Crippen MR) is 90.4 cm³/mol. The first-order valence-corrected chi connectivity index (χ1v) is 9.71. The van der Waals surface area contributed by atoms with Gasteiger partial charge in [0, 0.05) is 26.1 Å². The molecule has 0 saturated carbocycles. The fraction of sp³-hybridized carbons (Fsp3) is 0.588. The first-order chi connectivity index (χ1) is 11.3. The second kappa shape index (κ2) is 6.37. The fourth-order valence-electron chi connectivity index (χ4n) is 3.58. The molecule has 2 aliphatic heterocycles. The lowest BCUT2D eigenvalue weighted by Gasteiger charge is -2.23. The third-order valence-corrected chi connectivity index (χ3v) is 6.84. The number of hydrogen-bond acceptors (Lipinski definition) is 4. The van der Waals surface area contributed by atoms with Gasteiger partial charge >= 0.3 is 0 Å². The number of nitrogens with one attached hydrogen (secondary N) is 1. The van der Waals surface area contributed by atoms with Gasteiger partial charge in [-0.15, -0.1) is 0 Å². The van der Waals surface area contributed by atoms with Crippen LogP contribution in [0, 0.1) is 11.8 Å². The summed E-state index contributed by atoms with van der Waals surface area (Å²) in [6, 6.07) is 5.03. The van der Waals surface area contributed by atoms with Crippen LogP contribution in [0.5, 0.6) is 5.75 Å². The molecule has 2 atom stereocenters. The Morgan fingerprint density at radius 1 is 1.25 bits per heavy atom. The molecule has 1 aromatic carbocycles. The van der Waals surface area contributed by atoms with Crippen molar-refractivity contribution in [2.24, 2.45) is 11.8 Å². The fourth-order valence-corrected chi connectivity index (χ4v) is 5.17. The van der Waals surface area contributed by atoms with Crippen molar-refractivity contribution in [3.05, 3.63) is 23.8 Å². The molecule has 2 saturated heterocycles. The minimum Gasteiger partial charge on any atom is -0.496 e. The van der Waals surface area contributed by atoms with Crippen LogP contribution in [0.15, 0.2) is 23.1 Å². The number of amides is 1. The van der Waals surface area contributed by atoms with Crippen molar-refractivity contribution < 1.29 is 17.9 Å². The van der Waals surface area contributed by atoms with Crippen molar-refractivity contribution in [2.45, 2.75) is 31.1 Å². The van der Waals surface area contributed by atoms with Crippen molar-refractivity contribution in [1.82, 2.24) is 9.62 Å². The number of benzene rings is 1. The average molecular weight is 352 g/mol. The molecule has 0 bridgehead atoms. The quantitative estimate of drug-likeness (QED) is 0.893. The Kier molecular flexibility index (Phi) is 4.57. The molecule has 2 heterocycles. The number of nitrogens with zero attached hydrogens (tertiary/aromatic N) is 1. The van der Waals surface area contributed by atoms with Crippen LogP contribution in [-0.2, 0) is 14.8 Å². The van der Waals surface area contributed by atoms with E-state index in [0.29, 0.717) is 36.7 Å². The number of methoxy groups -OCH3 is 1. The van der Waals surface area contributed by atoms with Crippen LogP contribution >= 0.6 is 0 Å². The van der Waals surface area contributed by atoms with Crippen LogP contribution in [0.25, 0.3) is 0 Å². The minimum atomic E-state index is -3.56. The summed E-state index contributed by atoms with van der Waals surface area (Å²) in [6.45, 7) is 5.47. The van der Waals surface area contributed by atoms with Gasteiger partial charge in [0.25, 0.3) is 0 Å². The van der Waals surface area contributed by atoms with E-state index in [1.807, 2.05) is 13.8 Å². The van der Waals surface area contributed by atoms with Crippen molar-refractivity contribution in [3.63, 3.8) is 0 Å². The lowest BCUT2D eigenvalue weighted by molar-refractivity contribution is -0.124. The second-order valence-corrected chi connectivity index (χ2v) is 8.85. The number of carbonyl (C=O) groups is 1. The first kappa shape index (κ1) is 17.2. The zero-order valence-electron chi connectivity index (χ0n) is 14.3. The molecule has 1 aromatic rings. The predicted octanol–water partition coefficient (Wildman–Crippen LogP) is 1.58. The first-order valence-electron chi connectivity index (χ1n) is 8.27. The van der Waals surface area contributed by atoms with Gasteiger partial charge in [0.05, 0.1) is 12.0 Å². The molecule has 1 amide bonds. The van der Waals surface area contributed by atoms with E-state index in [9.17, 15) is 13.2 Å². The lowest BCUT2D eigenvalue weighted by Crippen LogP contribution is -2.40. The van der Waals surface area contributed by atoms with Gasteiger partial charge in [-0.05, 0) is 41.5 Å². The molecule has 0 unspecified atom stereocenters. The van der Waals surface area contributed by atoms with Crippen molar-refractivity contribution in [3.8, 4) is 5.75 Å². The average Bonchev–Trinajstić information content (AvgIpc) is 2.97. The summed E-state index contributed by atoms with van der Waals surface area (Å²) in [6.07, 6.45) is 0.413. The third kappa shape index (κ3) is 3.02. The third-order valence-electron chi connectivity index (χ3n) is 5.01. The van der Waals surface area contributed by atoms with Crippen LogP contribution in [0.4, 0.5) is 0 Å². The molecule has 0 aliphatic carbocycles. The summed E-state index contributed by atoms with van der Waals surface area (Å²) in [5, 5.41) is 2.83. The summed E-state index contributed by atoms with van der Waals surface area (Å²) < 4.78 is 32.9. The highest BCUT2D eigenvalue weighted by atomic mass is 32.2. The Morgan fingerprint density at radius 3 is 2.62 bits per heavy atom. The van der Waals surface area contributed by atoms with E-state index in [-0.39, 0.29) is 23.7 Å². The van der Waals surface area contributed by atoms with Gasteiger partial charge < -0.3 is 10.1 Å². The molecular weight excluding hydrogens is 328 g/mol. The van der Waals surface area contributed by atoms with Crippen molar-refractivity contribution in [1.29, 1.82) is 0 Å². The topological polar surface area (TPSA) is 75.7 Å². The number of sulfonamides is 1. The highest BCUT2D eigenvalue weighted by molar-refractivity contribution is 7.89. The summed E-state index contributed by atoms with van der Waals surface area (Å²) >= 11 is 0. The SMILES string of the molecule is COc1ccc(S(=O)(=O)N2C[C@H]3CC(=O)NC[C@H]3C2)cc1C(C)C. The maximum absolute atomic E-state index is 13.0. The summed E-state index contributed by atoms with van der Waals surface area (Å²) in [7, 11) is -1.97. The zero-order chi connectivity index (χ0) is 17.5. The molecule has 7 heteroatoms. The van der Waals surface area contributed by atoms with Gasteiger partial charge in [-0.25, -0.2) is 8.42 Å². The molecule has 0 spiro atoms. The summed E-state index contributed by atoms with van der Waals surface area (Å²) in [5.74, 6) is 1.21. The van der Waals surface area contributed by atoms with E-state index in [1.54, 1.807) is 25.3 Å². The van der Waals surface area contributed by atoms with E-state index in [0.717, 1.165) is 5.56 Å². The smallest absolute Gasteiger partial charge is 0.243 e. The number of hydrogen-bond donors (Lipinski definition) is 1. The van der Waals surface area contributed by atoms with Crippen LogP contribution in [0.2, 0.25) is 0 Å². The molecule has 0 aromatic heterocycles. The number of fused-ring (bicyclic) bond motifs is 1. The number of rotatable bonds is 4. The van der Waals surface area contributed by atoms with Crippen LogP contribution in [0.3, 0.4) is 0 Å². The number of ether oxygens (including phenoxy) is 1. The van der Waals surface area contributed by atoms with Gasteiger partial charge in [-0.3, -0.25) is 4.79 Å². The Hall–Kier alpha value is -1.60. The maximum atomic E-state index is 13.0. The molecule has 3 rings (SSSR count). The van der Waals surface area contributed by atoms with E-state index < -0.39 is 10.0 Å². The Balaban J connectivity index is 1.88. The molecule has 2 fully saturated rings. The van der Waals surface area contributed by atoms with E-state index in [4.69, 9.17) is 4.74 Å². The van der Waals surface area contributed by atoms with Gasteiger partial charge in [-0.1, -0.05) is 13.8 Å². The zero-order valence-corrected chi connectivity index (χ0v) is 15.1. The Morgan fingerprint density at radius 2 is 1.96 bits per heavy atom. The molecule has 24 heavy (non-hydrogen) atoms. The van der Waals surface area contributed by atoms with Crippen molar-refractivity contribution >= 4 is 15.9 Å². The van der Waals surface area contributed by atoms with E-state index in [2.05, 4.69) is 5.32 Å². The highest BCUT2D eigenvalue weighted by Crippen LogP contribution is 2.34. The molecule has 0 radical (unpaired) electrons. The number of carbonyl (C=O) groups excluding carboxylic acids is 1. The second-order valence-electron chi connectivity index (χ2n) is 6.91. The Bertz CT molecular complexity index is 745. The molecule has 1 N–H and O–H groups in total. The standard InChI is InChI=1S/C17H24N2O4S/c1-11(2)15-7-14(4-5-16(15)23-3)24(21,22)19-9-12-6-17(20)18-8-13(12)10-19/h4-5,7,11-13H,6,8-10H2,1-3H3,(H,18,20)/t12-,13+/m1/s1. The lowest BCUT2D eigenvalue weighted by atomic mass is 9.89. The Labute approximate surface area is 143 Å². The van der Waals surface area contributed by atoms with Gasteiger partial charge in [-0.2, -0.15) is 4.31 Å². The van der Waals surface area contributed by atoms with Crippen molar-refractivity contribution in [2.75, 3.05) is 26.7 Å². The molecule has 132 valence electrons. The van der Waals surface area contributed by atoms with Gasteiger partial charge in [0.1, 0.15) is 5.75 Å². The van der Waals surface area contributed by atoms with Crippen LogP contribution < -0.4 is 10.1 Å². The molecule has 6 nitrogen and oxygen atoms in total. The molecule has 2 aliphatic rings. The monoisotopic (exact) mass is 352 g/mol.